The molecule has 3 heterocycles. The first-order chi connectivity index (χ1) is 20.0. The summed E-state index contributed by atoms with van der Waals surface area (Å²) in [5.41, 5.74) is 10.0. The van der Waals surface area contributed by atoms with Crippen molar-refractivity contribution in [2.24, 2.45) is 0 Å². The lowest BCUT2D eigenvalue weighted by Crippen LogP contribution is -2.05. The molecule has 0 unspecified atom stereocenters. The highest BCUT2D eigenvalue weighted by atomic mass is 32.1. The third-order valence-corrected chi connectivity index (χ3v) is 9.41. The van der Waals surface area contributed by atoms with Crippen LogP contribution in [0.5, 0.6) is 0 Å². The van der Waals surface area contributed by atoms with Gasteiger partial charge in [0.15, 0.2) is 4.96 Å². The van der Waals surface area contributed by atoms with Gasteiger partial charge in [0.1, 0.15) is 5.82 Å². The zero-order valence-corrected chi connectivity index (χ0v) is 24.2. The molecule has 6 aromatic rings. The number of unbranched alkanes of at least 4 members (excludes halogenated alkanes) is 1. The molecule has 7 heteroatoms. The number of benzene rings is 3. The Morgan fingerprint density at radius 3 is 2.66 bits per heavy atom. The highest BCUT2D eigenvalue weighted by Crippen LogP contribution is 2.35. The molecule has 0 atom stereocenters. The Labute approximate surface area is 243 Å². The normalized spacial score (nSPS) is 12.9. The fraction of sp³-hybridized carbons (Fsp3) is 0.265. The van der Waals surface area contributed by atoms with Gasteiger partial charge in [-0.15, -0.1) is 11.3 Å². The van der Waals surface area contributed by atoms with Gasteiger partial charge in [0.25, 0.3) is 0 Å². The summed E-state index contributed by atoms with van der Waals surface area (Å²) >= 11 is 1.83. The quantitative estimate of drug-likeness (QED) is 0.205. The van der Waals surface area contributed by atoms with E-state index in [1.54, 1.807) is 12.1 Å². The molecule has 0 amide bonds. The van der Waals surface area contributed by atoms with Gasteiger partial charge in [-0.3, -0.25) is 4.40 Å². The third kappa shape index (κ3) is 4.54. The largest absolute Gasteiger partial charge is 0.478 e. The summed E-state index contributed by atoms with van der Waals surface area (Å²) in [7, 11) is 0. The van der Waals surface area contributed by atoms with E-state index in [9.17, 15) is 9.90 Å². The summed E-state index contributed by atoms with van der Waals surface area (Å²) < 4.78 is 4.66. The molecule has 3 aromatic heterocycles. The maximum Gasteiger partial charge on any atom is 0.336 e. The molecule has 0 saturated carbocycles. The lowest BCUT2D eigenvalue weighted by Gasteiger charge is -2.12. The lowest BCUT2D eigenvalue weighted by atomic mass is 9.98. The Bertz CT molecular complexity index is 1930. The number of rotatable bonds is 8. The van der Waals surface area contributed by atoms with Gasteiger partial charge in [-0.25, -0.2) is 14.8 Å². The summed E-state index contributed by atoms with van der Waals surface area (Å²) in [6, 6.07) is 19.9. The molecule has 1 N–H and O–H groups in total. The second-order valence-corrected chi connectivity index (χ2v) is 12.1. The van der Waals surface area contributed by atoms with Gasteiger partial charge in [0.2, 0.25) is 0 Å². The minimum absolute atomic E-state index is 0.315. The summed E-state index contributed by atoms with van der Waals surface area (Å²) in [6.45, 7) is 5.06. The maximum atomic E-state index is 11.7. The van der Waals surface area contributed by atoms with Gasteiger partial charge in [-0.1, -0.05) is 55.8 Å². The van der Waals surface area contributed by atoms with Crippen molar-refractivity contribution in [3.63, 3.8) is 0 Å². The van der Waals surface area contributed by atoms with Gasteiger partial charge in [-0.05, 0) is 73.1 Å². The molecule has 1 aliphatic carbocycles. The van der Waals surface area contributed by atoms with Crippen LogP contribution in [-0.4, -0.2) is 30.0 Å². The van der Waals surface area contributed by atoms with Crippen LogP contribution in [0, 0.1) is 6.92 Å². The van der Waals surface area contributed by atoms with Crippen LogP contribution in [0.1, 0.15) is 64.1 Å². The van der Waals surface area contributed by atoms with Crippen molar-refractivity contribution in [2.45, 2.75) is 58.9 Å². The first kappa shape index (κ1) is 25.7. The van der Waals surface area contributed by atoms with E-state index in [0.717, 1.165) is 81.0 Å². The molecule has 0 saturated heterocycles. The molecule has 41 heavy (non-hydrogen) atoms. The Hall–Kier alpha value is -4.23. The fourth-order valence-electron chi connectivity index (χ4n) is 6.13. The zero-order valence-electron chi connectivity index (χ0n) is 23.4. The van der Waals surface area contributed by atoms with E-state index >= 15 is 0 Å². The lowest BCUT2D eigenvalue weighted by molar-refractivity contribution is 0.0697. The van der Waals surface area contributed by atoms with E-state index in [1.807, 2.05) is 35.6 Å². The molecule has 0 aliphatic heterocycles. The molecule has 206 valence electrons. The van der Waals surface area contributed by atoms with Crippen molar-refractivity contribution in [3.05, 3.63) is 99.9 Å². The van der Waals surface area contributed by atoms with Gasteiger partial charge in [-0.2, -0.15) is 0 Å². The number of carboxylic acids is 1. The number of hydrogen-bond donors (Lipinski definition) is 1. The number of carbonyl (C=O) groups is 1. The average molecular weight is 561 g/mol. The molecule has 6 nitrogen and oxygen atoms in total. The van der Waals surface area contributed by atoms with Gasteiger partial charge < -0.3 is 9.67 Å². The molecule has 0 spiro atoms. The predicted octanol–water partition coefficient (Wildman–Crippen LogP) is 7.97. The smallest absolute Gasteiger partial charge is 0.336 e. The van der Waals surface area contributed by atoms with Gasteiger partial charge in [0.05, 0.1) is 22.3 Å². The Morgan fingerprint density at radius 2 is 1.85 bits per heavy atom. The summed E-state index contributed by atoms with van der Waals surface area (Å²) in [5.74, 6) is 0.189. The van der Waals surface area contributed by atoms with E-state index in [2.05, 4.69) is 53.3 Å². The van der Waals surface area contributed by atoms with Gasteiger partial charge in [0, 0.05) is 35.3 Å². The third-order valence-electron chi connectivity index (χ3n) is 8.25. The first-order valence-electron chi connectivity index (χ1n) is 14.4. The van der Waals surface area contributed by atoms with Crippen molar-refractivity contribution < 1.29 is 9.90 Å². The molecule has 7 rings (SSSR count). The second-order valence-electron chi connectivity index (χ2n) is 11.0. The van der Waals surface area contributed by atoms with Crippen molar-refractivity contribution in [3.8, 4) is 22.4 Å². The van der Waals surface area contributed by atoms with Crippen molar-refractivity contribution in [1.29, 1.82) is 0 Å². The molecular formula is C34H32N4O2S. The summed E-state index contributed by atoms with van der Waals surface area (Å²) in [5, 5.41) is 9.64. The van der Waals surface area contributed by atoms with Crippen molar-refractivity contribution in [2.75, 3.05) is 0 Å². The van der Waals surface area contributed by atoms with E-state index in [-0.39, 0.29) is 0 Å². The summed E-state index contributed by atoms with van der Waals surface area (Å²) in [6.07, 6.45) is 8.89. The van der Waals surface area contributed by atoms with Crippen LogP contribution in [0.3, 0.4) is 0 Å². The van der Waals surface area contributed by atoms with Crippen LogP contribution >= 0.6 is 11.3 Å². The SMILES string of the molecule is CCCCc1nc2c(C)cc(-c3cn4c5c(sc4n3)CCC5)cc2n1Cc1ccc(-c2ccccc2C(=O)O)cc1. The maximum absolute atomic E-state index is 11.7. The predicted molar refractivity (Wildman–Crippen MR) is 165 cm³/mol. The highest BCUT2D eigenvalue weighted by molar-refractivity contribution is 7.17. The van der Waals surface area contributed by atoms with E-state index < -0.39 is 5.97 Å². The topological polar surface area (TPSA) is 72.4 Å². The number of aromatic nitrogens is 4. The van der Waals surface area contributed by atoms with E-state index in [1.165, 1.54) is 23.4 Å². The fourth-order valence-corrected chi connectivity index (χ4v) is 7.32. The van der Waals surface area contributed by atoms with Crippen LogP contribution in [0.4, 0.5) is 0 Å². The molecule has 0 bridgehead atoms. The average Bonchev–Trinajstić information content (AvgIpc) is 3.74. The van der Waals surface area contributed by atoms with Crippen LogP contribution in [0.25, 0.3) is 38.4 Å². The Kier molecular flexibility index (Phi) is 6.47. The minimum Gasteiger partial charge on any atom is -0.478 e. The second kappa shape index (κ2) is 10.3. The number of carboxylic acid groups (broad SMARTS) is 1. The number of aryl methyl sites for hydroxylation is 4. The molecule has 1 aliphatic rings. The van der Waals surface area contributed by atoms with Crippen LogP contribution in [0.15, 0.2) is 66.9 Å². The standard InChI is InChI=1S/C34H32N4O2S/c1-3-4-12-31-36-32-21(2)17-24(27-20-38-28-10-7-11-30(28)41-34(38)35-27)18-29(32)37(31)19-22-13-15-23(16-14-22)25-8-5-6-9-26(25)33(39)40/h5-6,8-9,13-18,20H,3-4,7,10-12,19H2,1-2H3,(H,39,40). The molecule has 0 fully saturated rings. The minimum atomic E-state index is -0.914. The Morgan fingerprint density at radius 1 is 1.02 bits per heavy atom. The van der Waals surface area contributed by atoms with Crippen molar-refractivity contribution in [1.82, 2.24) is 18.9 Å². The number of fused-ring (bicyclic) bond motifs is 4. The zero-order chi connectivity index (χ0) is 28.1. The van der Waals surface area contributed by atoms with E-state index in [4.69, 9.17) is 9.97 Å². The Balaban J connectivity index is 1.28. The van der Waals surface area contributed by atoms with Crippen LogP contribution in [-0.2, 0) is 25.8 Å². The molecule has 3 aromatic carbocycles. The highest BCUT2D eigenvalue weighted by Gasteiger charge is 2.21. The molecule has 0 radical (unpaired) electrons. The monoisotopic (exact) mass is 560 g/mol. The number of imidazole rings is 2. The number of aromatic carboxylic acids is 1. The summed E-state index contributed by atoms with van der Waals surface area (Å²) in [4.78, 5) is 24.5. The number of nitrogens with zero attached hydrogens (tertiary/aromatic N) is 4. The van der Waals surface area contributed by atoms with E-state index in [0.29, 0.717) is 12.1 Å². The van der Waals surface area contributed by atoms with Crippen molar-refractivity contribution >= 4 is 33.3 Å². The van der Waals surface area contributed by atoms with Crippen LogP contribution in [0.2, 0.25) is 0 Å². The van der Waals surface area contributed by atoms with Gasteiger partial charge >= 0.3 is 5.97 Å². The number of thiazole rings is 1. The molecular weight excluding hydrogens is 528 g/mol. The van der Waals surface area contributed by atoms with Crippen LogP contribution < -0.4 is 0 Å². The first-order valence-corrected chi connectivity index (χ1v) is 15.2. The number of hydrogen-bond acceptors (Lipinski definition) is 4.